The van der Waals surface area contributed by atoms with Crippen LogP contribution in [-0.2, 0) is 0 Å². The third kappa shape index (κ3) is 2.33. The number of nitrogens with two attached hydrogens (primary N) is 1. The SMILES string of the molecule is Nc1cc(F)c(Br)cc1Oc1ccccc1. The van der Waals surface area contributed by atoms with Crippen molar-refractivity contribution in [2.45, 2.75) is 0 Å². The fraction of sp³-hybridized carbons (Fsp3) is 0. The van der Waals surface area contributed by atoms with Crippen LogP contribution in [0.25, 0.3) is 0 Å². The highest BCUT2D eigenvalue weighted by molar-refractivity contribution is 9.10. The van der Waals surface area contributed by atoms with E-state index in [1.54, 1.807) is 12.1 Å². The van der Waals surface area contributed by atoms with Gasteiger partial charge < -0.3 is 10.5 Å². The zero-order chi connectivity index (χ0) is 11.5. The number of anilines is 1. The van der Waals surface area contributed by atoms with Gasteiger partial charge in [-0.25, -0.2) is 4.39 Å². The molecule has 0 atom stereocenters. The Hall–Kier alpha value is -1.55. The topological polar surface area (TPSA) is 35.2 Å². The number of rotatable bonds is 2. The van der Waals surface area contributed by atoms with Crippen LogP contribution in [0.5, 0.6) is 11.5 Å². The number of halogens is 2. The predicted octanol–water partition coefficient (Wildman–Crippen LogP) is 3.96. The maximum absolute atomic E-state index is 13.1. The fourth-order valence-corrected chi connectivity index (χ4v) is 1.57. The summed E-state index contributed by atoms with van der Waals surface area (Å²) in [5, 5.41) is 0. The molecule has 2 nitrogen and oxygen atoms in total. The molecule has 16 heavy (non-hydrogen) atoms. The fourth-order valence-electron chi connectivity index (χ4n) is 1.25. The highest BCUT2D eigenvalue weighted by Crippen LogP contribution is 2.31. The minimum Gasteiger partial charge on any atom is -0.455 e. The summed E-state index contributed by atoms with van der Waals surface area (Å²) in [5.74, 6) is 0.685. The van der Waals surface area contributed by atoms with Crippen LogP contribution in [0.2, 0.25) is 0 Å². The molecule has 0 radical (unpaired) electrons. The van der Waals surface area contributed by atoms with Crippen molar-refractivity contribution in [3.8, 4) is 11.5 Å². The summed E-state index contributed by atoms with van der Waals surface area (Å²) in [6.45, 7) is 0. The van der Waals surface area contributed by atoms with E-state index in [0.717, 1.165) is 0 Å². The number of para-hydroxylation sites is 1. The molecule has 2 aromatic rings. The van der Waals surface area contributed by atoms with Gasteiger partial charge in [0.25, 0.3) is 0 Å². The first kappa shape index (κ1) is 11.0. The van der Waals surface area contributed by atoms with Gasteiger partial charge in [0, 0.05) is 12.1 Å². The first-order valence-electron chi connectivity index (χ1n) is 4.64. The second kappa shape index (κ2) is 4.53. The van der Waals surface area contributed by atoms with Crippen molar-refractivity contribution in [3.63, 3.8) is 0 Å². The van der Waals surface area contributed by atoms with Crippen molar-refractivity contribution < 1.29 is 9.13 Å². The van der Waals surface area contributed by atoms with E-state index in [0.29, 0.717) is 16.0 Å². The average Bonchev–Trinajstić information content (AvgIpc) is 2.27. The molecular formula is C12H9BrFNO. The maximum Gasteiger partial charge on any atom is 0.151 e. The second-order valence-corrected chi connectivity index (χ2v) is 4.07. The van der Waals surface area contributed by atoms with Crippen LogP contribution < -0.4 is 10.5 Å². The first-order valence-corrected chi connectivity index (χ1v) is 5.43. The van der Waals surface area contributed by atoms with Gasteiger partial charge in [-0.15, -0.1) is 0 Å². The van der Waals surface area contributed by atoms with E-state index in [-0.39, 0.29) is 5.69 Å². The van der Waals surface area contributed by atoms with Crippen LogP contribution in [0.4, 0.5) is 10.1 Å². The van der Waals surface area contributed by atoms with Gasteiger partial charge in [-0.1, -0.05) is 18.2 Å². The molecule has 0 saturated carbocycles. The molecule has 0 aliphatic carbocycles. The summed E-state index contributed by atoms with van der Waals surface area (Å²) in [6.07, 6.45) is 0. The lowest BCUT2D eigenvalue weighted by Gasteiger charge is -2.09. The normalized spacial score (nSPS) is 10.1. The van der Waals surface area contributed by atoms with Gasteiger partial charge in [0.05, 0.1) is 10.2 Å². The van der Waals surface area contributed by atoms with Crippen LogP contribution in [0, 0.1) is 5.82 Å². The lowest BCUT2D eigenvalue weighted by atomic mass is 10.3. The zero-order valence-electron chi connectivity index (χ0n) is 8.28. The predicted molar refractivity (Wildman–Crippen MR) is 65.0 cm³/mol. The van der Waals surface area contributed by atoms with Gasteiger partial charge in [0.15, 0.2) is 5.75 Å². The summed E-state index contributed by atoms with van der Waals surface area (Å²) >= 11 is 3.08. The van der Waals surface area contributed by atoms with E-state index in [1.807, 2.05) is 18.2 Å². The van der Waals surface area contributed by atoms with Crippen LogP contribution >= 0.6 is 15.9 Å². The molecule has 0 spiro atoms. The number of nitrogen functional groups attached to an aromatic ring is 1. The Labute approximate surface area is 101 Å². The summed E-state index contributed by atoms with van der Waals surface area (Å²) in [4.78, 5) is 0. The van der Waals surface area contributed by atoms with Gasteiger partial charge in [-0.2, -0.15) is 0 Å². The van der Waals surface area contributed by atoms with Crippen molar-refractivity contribution in [1.82, 2.24) is 0 Å². The number of hydrogen-bond acceptors (Lipinski definition) is 2. The number of benzene rings is 2. The second-order valence-electron chi connectivity index (χ2n) is 3.22. The van der Waals surface area contributed by atoms with Crippen molar-refractivity contribution in [2.75, 3.05) is 5.73 Å². The van der Waals surface area contributed by atoms with E-state index in [1.165, 1.54) is 12.1 Å². The van der Waals surface area contributed by atoms with Gasteiger partial charge in [-0.05, 0) is 28.1 Å². The Kier molecular flexibility index (Phi) is 3.10. The lowest BCUT2D eigenvalue weighted by Crippen LogP contribution is -1.93. The molecule has 82 valence electrons. The van der Waals surface area contributed by atoms with Gasteiger partial charge in [0.2, 0.25) is 0 Å². The Balaban J connectivity index is 2.32. The molecule has 0 aromatic heterocycles. The van der Waals surface area contributed by atoms with Crippen LogP contribution in [0.1, 0.15) is 0 Å². The third-order valence-corrected chi connectivity index (χ3v) is 2.63. The minimum absolute atomic E-state index is 0.268. The molecule has 0 unspecified atom stereocenters. The van der Waals surface area contributed by atoms with Crippen LogP contribution in [0.3, 0.4) is 0 Å². The molecule has 0 fully saturated rings. The van der Waals surface area contributed by atoms with Gasteiger partial charge in [0.1, 0.15) is 11.6 Å². The smallest absolute Gasteiger partial charge is 0.151 e. The van der Waals surface area contributed by atoms with Crippen molar-refractivity contribution >= 4 is 21.6 Å². The first-order chi connectivity index (χ1) is 7.66. The van der Waals surface area contributed by atoms with E-state index in [2.05, 4.69) is 15.9 Å². The van der Waals surface area contributed by atoms with E-state index >= 15 is 0 Å². The summed E-state index contributed by atoms with van der Waals surface area (Å²) in [6, 6.07) is 11.9. The molecule has 2 N–H and O–H groups in total. The lowest BCUT2D eigenvalue weighted by molar-refractivity contribution is 0.482. The molecule has 0 aliphatic rings. The molecule has 2 rings (SSSR count). The highest BCUT2D eigenvalue weighted by Gasteiger charge is 2.07. The molecule has 0 bridgehead atoms. The van der Waals surface area contributed by atoms with Crippen LogP contribution in [-0.4, -0.2) is 0 Å². The van der Waals surface area contributed by atoms with Crippen molar-refractivity contribution in [2.24, 2.45) is 0 Å². The molecule has 0 amide bonds. The zero-order valence-corrected chi connectivity index (χ0v) is 9.87. The third-order valence-electron chi connectivity index (χ3n) is 2.02. The molecule has 0 aliphatic heterocycles. The van der Waals surface area contributed by atoms with Crippen molar-refractivity contribution in [3.05, 3.63) is 52.8 Å². The van der Waals surface area contributed by atoms with E-state index in [4.69, 9.17) is 10.5 Å². The Morgan fingerprint density at radius 2 is 1.81 bits per heavy atom. The highest BCUT2D eigenvalue weighted by atomic mass is 79.9. The van der Waals surface area contributed by atoms with Gasteiger partial charge in [-0.3, -0.25) is 0 Å². The molecule has 0 saturated heterocycles. The summed E-state index contributed by atoms with van der Waals surface area (Å²) in [5.41, 5.74) is 5.92. The number of hydrogen-bond donors (Lipinski definition) is 1. The number of ether oxygens (including phenoxy) is 1. The average molecular weight is 282 g/mol. The molecule has 2 aromatic carbocycles. The van der Waals surface area contributed by atoms with Crippen LogP contribution in [0.15, 0.2) is 46.9 Å². The monoisotopic (exact) mass is 281 g/mol. The molecule has 4 heteroatoms. The Morgan fingerprint density at radius 3 is 2.50 bits per heavy atom. The maximum atomic E-state index is 13.1. The summed E-state index contributed by atoms with van der Waals surface area (Å²) < 4.78 is 19.0. The Bertz CT molecular complexity index is 502. The van der Waals surface area contributed by atoms with Gasteiger partial charge >= 0.3 is 0 Å². The molecule has 0 heterocycles. The summed E-state index contributed by atoms with van der Waals surface area (Å²) in [7, 11) is 0. The van der Waals surface area contributed by atoms with E-state index < -0.39 is 5.82 Å². The molecular weight excluding hydrogens is 273 g/mol. The standard InChI is InChI=1S/C12H9BrFNO/c13-9-6-12(11(15)7-10(9)14)16-8-4-2-1-3-5-8/h1-7H,15H2. The van der Waals surface area contributed by atoms with E-state index in [9.17, 15) is 4.39 Å². The van der Waals surface area contributed by atoms with Crippen molar-refractivity contribution in [1.29, 1.82) is 0 Å². The largest absolute Gasteiger partial charge is 0.455 e. The Morgan fingerprint density at radius 1 is 1.12 bits per heavy atom. The minimum atomic E-state index is -0.405. The quantitative estimate of drug-likeness (QED) is 0.846.